The number of hydrogen-bond donors (Lipinski definition) is 0. The smallest absolute Gasteiger partial charge is 0.334 e. The second kappa shape index (κ2) is 13.4. The molecular formula is C31H39NO6. The minimum absolute atomic E-state index is 0.00817. The minimum atomic E-state index is -0.437. The van der Waals surface area contributed by atoms with Gasteiger partial charge in [-0.15, -0.1) is 0 Å². The third-order valence-electron chi connectivity index (χ3n) is 7.54. The first-order valence-electron chi connectivity index (χ1n) is 13.6. The molecule has 1 aliphatic heterocycles. The molecule has 1 amide bonds. The molecule has 0 radical (unpaired) electrons. The van der Waals surface area contributed by atoms with Crippen molar-refractivity contribution in [3.05, 3.63) is 59.2 Å². The summed E-state index contributed by atoms with van der Waals surface area (Å²) >= 11 is 0. The Hall–Kier alpha value is -3.48. The van der Waals surface area contributed by atoms with Gasteiger partial charge in [0.2, 0.25) is 5.91 Å². The van der Waals surface area contributed by atoms with Gasteiger partial charge in [-0.3, -0.25) is 4.79 Å². The van der Waals surface area contributed by atoms with E-state index in [0.29, 0.717) is 35.5 Å². The number of methoxy groups -OCH3 is 2. The molecule has 1 aliphatic carbocycles. The number of fused-ring (bicyclic) bond motifs is 1. The zero-order chi connectivity index (χ0) is 26.9. The third-order valence-corrected chi connectivity index (χ3v) is 7.54. The second-order valence-electron chi connectivity index (χ2n) is 10.0. The molecule has 2 fully saturated rings. The maximum absolute atomic E-state index is 13.1. The Morgan fingerprint density at radius 1 is 0.947 bits per heavy atom. The number of carbonyl (C=O) groups is 2. The first kappa shape index (κ1) is 27.6. The van der Waals surface area contributed by atoms with Crippen molar-refractivity contribution >= 4 is 18.0 Å². The van der Waals surface area contributed by atoms with Crippen LogP contribution in [0.15, 0.2) is 48.0 Å². The summed E-state index contributed by atoms with van der Waals surface area (Å²) < 4.78 is 21.8. The highest BCUT2D eigenvalue weighted by molar-refractivity contribution is 5.99. The van der Waals surface area contributed by atoms with E-state index in [9.17, 15) is 9.59 Å². The van der Waals surface area contributed by atoms with Gasteiger partial charge in [0, 0.05) is 25.1 Å². The van der Waals surface area contributed by atoms with Crippen LogP contribution in [0.4, 0.5) is 0 Å². The number of benzene rings is 2. The van der Waals surface area contributed by atoms with Crippen molar-refractivity contribution in [1.82, 2.24) is 4.90 Å². The molecule has 0 bridgehead atoms. The molecule has 0 spiro atoms. The number of hydrogen-bond acceptors (Lipinski definition) is 6. The molecule has 0 N–H and O–H groups in total. The van der Waals surface area contributed by atoms with Crippen molar-refractivity contribution in [2.45, 2.75) is 45.4 Å². The highest BCUT2D eigenvalue weighted by Gasteiger charge is 2.36. The molecule has 2 atom stereocenters. The Bertz CT molecular complexity index is 1110. The normalized spacial score (nSPS) is 19.0. The zero-order valence-corrected chi connectivity index (χ0v) is 22.7. The number of rotatable bonds is 11. The maximum Gasteiger partial charge on any atom is 0.334 e. The lowest BCUT2D eigenvalue weighted by Gasteiger charge is -2.22. The van der Waals surface area contributed by atoms with Crippen LogP contribution in [0.25, 0.3) is 6.08 Å². The molecule has 2 aromatic rings. The molecule has 1 heterocycles. The predicted molar refractivity (Wildman–Crippen MR) is 146 cm³/mol. The van der Waals surface area contributed by atoms with Crippen LogP contribution < -0.4 is 14.2 Å². The van der Waals surface area contributed by atoms with Crippen molar-refractivity contribution in [2.24, 2.45) is 11.8 Å². The number of ether oxygens (including phenoxy) is 4. The van der Waals surface area contributed by atoms with E-state index in [4.69, 9.17) is 18.9 Å². The summed E-state index contributed by atoms with van der Waals surface area (Å²) in [5.74, 6) is 2.92. The van der Waals surface area contributed by atoms with E-state index in [2.05, 4.69) is 0 Å². The molecule has 204 valence electrons. The van der Waals surface area contributed by atoms with Crippen LogP contribution in [0.5, 0.6) is 17.2 Å². The summed E-state index contributed by atoms with van der Waals surface area (Å²) in [5.41, 5.74) is 2.29. The molecule has 0 unspecified atom stereocenters. The fourth-order valence-corrected chi connectivity index (χ4v) is 5.47. The van der Waals surface area contributed by atoms with E-state index >= 15 is 0 Å². The zero-order valence-electron chi connectivity index (χ0n) is 22.7. The van der Waals surface area contributed by atoms with E-state index in [0.717, 1.165) is 36.4 Å². The Morgan fingerprint density at radius 3 is 2.26 bits per heavy atom. The van der Waals surface area contributed by atoms with Crippen molar-refractivity contribution in [1.29, 1.82) is 0 Å². The predicted octanol–water partition coefficient (Wildman–Crippen LogP) is 5.31. The molecule has 0 aromatic heterocycles. The summed E-state index contributed by atoms with van der Waals surface area (Å²) in [7, 11) is 3.24. The average Bonchev–Trinajstić information content (AvgIpc) is 3.38. The Morgan fingerprint density at radius 2 is 1.63 bits per heavy atom. The summed E-state index contributed by atoms with van der Waals surface area (Å²) in [4.78, 5) is 27.7. The van der Waals surface area contributed by atoms with Gasteiger partial charge >= 0.3 is 5.97 Å². The lowest BCUT2D eigenvalue weighted by molar-refractivity contribution is -0.140. The van der Waals surface area contributed by atoms with Crippen LogP contribution in [0.1, 0.15) is 50.2 Å². The number of carbonyl (C=O) groups excluding carboxylic acids is 2. The maximum atomic E-state index is 13.1. The number of esters is 1. The fraction of sp³-hybridized carbons (Fsp3) is 0.484. The van der Waals surface area contributed by atoms with Gasteiger partial charge < -0.3 is 23.8 Å². The molecule has 7 nitrogen and oxygen atoms in total. The molecule has 38 heavy (non-hydrogen) atoms. The van der Waals surface area contributed by atoms with Crippen molar-refractivity contribution in [3.63, 3.8) is 0 Å². The van der Waals surface area contributed by atoms with E-state index < -0.39 is 5.97 Å². The van der Waals surface area contributed by atoms with Gasteiger partial charge in [0.15, 0.2) is 11.5 Å². The Balaban J connectivity index is 1.35. The second-order valence-corrected chi connectivity index (χ2v) is 10.0. The summed E-state index contributed by atoms with van der Waals surface area (Å²) in [6.07, 6.45) is 7.46. The fourth-order valence-electron chi connectivity index (χ4n) is 5.47. The summed E-state index contributed by atoms with van der Waals surface area (Å²) in [6, 6.07) is 13.3. The number of amides is 1. The van der Waals surface area contributed by atoms with E-state index in [1.165, 1.54) is 25.7 Å². The van der Waals surface area contributed by atoms with Crippen molar-refractivity contribution in [2.75, 3.05) is 40.5 Å². The van der Waals surface area contributed by atoms with Crippen LogP contribution >= 0.6 is 0 Å². The third kappa shape index (κ3) is 7.09. The van der Waals surface area contributed by atoms with E-state index in [-0.39, 0.29) is 18.9 Å². The molecule has 7 heteroatoms. The number of likely N-dealkylation sites (tertiary alicyclic amines) is 1. The first-order valence-corrected chi connectivity index (χ1v) is 13.6. The molecule has 2 aliphatic rings. The molecular weight excluding hydrogens is 482 g/mol. The van der Waals surface area contributed by atoms with Gasteiger partial charge in [0.05, 0.1) is 33.9 Å². The average molecular weight is 522 g/mol. The number of nitrogens with zero attached hydrogens (tertiary/aromatic N) is 1. The van der Waals surface area contributed by atoms with Crippen LogP contribution in [0.3, 0.4) is 0 Å². The van der Waals surface area contributed by atoms with Crippen LogP contribution in [0, 0.1) is 11.8 Å². The minimum Gasteiger partial charge on any atom is -0.493 e. The van der Waals surface area contributed by atoms with E-state index in [1.807, 2.05) is 47.4 Å². The molecule has 2 aromatic carbocycles. The van der Waals surface area contributed by atoms with Crippen LogP contribution in [0.2, 0.25) is 0 Å². The van der Waals surface area contributed by atoms with Crippen LogP contribution in [-0.2, 0) is 20.7 Å². The van der Waals surface area contributed by atoms with Gasteiger partial charge in [-0.25, -0.2) is 4.79 Å². The SMILES string of the molecule is CCOC(=O)/C(=C/c1ccc(OCCc2ccc(OC)c(OC)c2)cc1)CC(=O)N1C[C@H]2CCCC[C@H]2C1. The monoisotopic (exact) mass is 521 g/mol. The lowest BCUT2D eigenvalue weighted by Crippen LogP contribution is -2.30. The van der Waals surface area contributed by atoms with E-state index in [1.54, 1.807) is 27.2 Å². The largest absolute Gasteiger partial charge is 0.493 e. The standard InChI is InChI=1S/C31H39NO6/c1-4-37-31(34)26(19-30(33)32-20-24-7-5-6-8-25(24)21-32)17-22-9-12-27(13-10-22)38-16-15-23-11-14-28(35-2)29(18-23)36-3/h9-14,17-18,24-25H,4-8,15-16,19-21H2,1-3H3/b26-17+/t24-,25+. The van der Waals surface area contributed by atoms with Gasteiger partial charge in [-0.05, 0) is 73.1 Å². The molecule has 1 saturated carbocycles. The Kier molecular flexibility index (Phi) is 9.68. The highest BCUT2D eigenvalue weighted by Crippen LogP contribution is 2.36. The van der Waals surface area contributed by atoms with Crippen LogP contribution in [-0.4, -0.2) is 57.3 Å². The lowest BCUT2D eigenvalue weighted by atomic mass is 9.82. The summed E-state index contributed by atoms with van der Waals surface area (Å²) in [6.45, 7) is 4.18. The highest BCUT2D eigenvalue weighted by atomic mass is 16.5. The Labute approximate surface area is 225 Å². The van der Waals surface area contributed by atoms with Gasteiger partial charge in [0.1, 0.15) is 5.75 Å². The molecule has 4 rings (SSSR count). The van der Waals surface area contributed by atoms with Gasteiger partial charge in [-0.1, -0.05) is 31.0 Å². The molecule has 1 saturated heterocycles. The van der Waals surface area contributed by atoms with Gasteiger partial charge in [0.25, 0.3) is 0 Å². The first-order chi connectivity index (χ1) is 18.5. The van der Waals surface area contributed by atoms with Gasteiger partial charge in [-0.2, -0.15) is 0 Å². The van der Waals surface area contributed by atoms with Crippen molar-refractivity contribution < 1.29 is 28.5 Å². The summed E-state index contributed by atoms with van der Waals surface area (Å²) in [5, 5.41) is 0. The topological polar surface area (TPSA) is 74.3 Å². The quantitative estimate of drug-likeness (QED) is 0.295. The van der Waals surface area contributed by atoms with Crippen molar-refractivity contribution in [3.8, 4) is 17.2 Å².